The van der Waals surface area contributed by atoms with E-state index in [1.165, 1.54) is 0 Å². The minimum absolute atomic E-state index is 0.00573. The molecule has 0 bridgehead atoms. The Labute approximate surface area is 179 Å². The number of aromatic nitrogens is 3. The van der Waals surface area contributed by atoms with Crippen LogP contribution in [0.15, 0.2) is 36.5 Å². The Morgan fingerprint density at radius 3 is 2.48 bits per heavy atom. The Morgan fingerprint density at radius 2 is 1.81 bits per heavy atom. The van der Waals surface area contributed by atoms with Crippen molar-refractivity contribution in [3.8, 4) is 22.8 Å². The van der Waals surface area contributed by atoms with Crippen molar-refractivity contribution < 1.29 is 19.1 Å². The van der Waals surface area contributed by atoms with Gasteiger partial charge >= 0.3 is 0 Å². The summed E-state index contributed by atoms with van der Waals surface area (Å²) in [5.41, 5.74) is 7.86. The van der Waals surface area contributed by atoms with Gasteiger partial charge in [-0.3, -0.25) is 9.59 Å². The summed E-state index contributed by atoms with van der Waals surface area (Å²) >= 11 is 0. The van der Waals surface area contributed by atoms with Gasteiger partial charge in [-0.2, -0.15) is 5.10 Å². The zero-order valence-corrected chi connectivity index (χ0v) is 17.5. The average molecular weight is 423 g/mol. The third-order valence-corrected chi connectivity index (χ3v) is 5.73. The minimum Gasteiger partial charge on any atom is -0.493 e. The smallest absolute Gasteiger partial charge is 0.272 e. The molecule has 4 rings (SSSR count). The number of benzene rings is 1. The summed E-state index contributed by atoms with van der Waals surface area (Å²) in [4.78, 5) is 28.5. The lowest BCUT2D eigenvalue weighted by Crippen LogP contribution is -2.39. The zero-order valence-electron chi connectivity index (χ0n) is 17.5. The number of amides is 2. The van der Waals surface area contributed by atoms with E-state index >= 15 is 0 Å². The Hall–Kier alpha value is -3.62. The third-order valence-electron chi connectivity index (χ3n) is 5.73. The van der Waals surface area contributed by atoms with Gasteiger partial charge in [-0.15, -0.1) is 0 Å². The van der Waals surface area contributed by atoms with E-state index in [1.54, 1.807) is 31.0 Å². The van der Waals surface area contributed by atoms with E-state index in [2.05, 4.69) is 15.4 Å². The first-order chi connectivity index (χ1) is 15.0. The van der Waals surface area contributed by atoms with E-state index in [1.807, 2.05) is 24.3 Å². The van der Waals surface area contributed by atoms with E-state index in [4.69, 9.17) is 15.2 Å². The quantitative estimate of drug-likeness (QED) is 0.627. The van der Waals surface area contributed by atoms with Crippen molar-refractivity contribution in [1.82, 2.24) is 19.9 Å². The van der Waals surface area contributed by atoms with Crippen LogP contribution in [0.4, 0.5) is 0 Å². The van der Waals surface area contributed by atoms with Crippen molar-refractivity contribution in [3.63, 3.8) is 0 Å². The first-order valence-electron chi connectivity index (χ1n) is 10.2. The van der Waals surface area contributed by atoms with Crippen LogP contribution < -0.4 is 20.5 Å². The number of primary amides is 1. The summed E-state index contributed by atoms with van der Waals surface area (Å²) in [5, 5.41) is 7.51. The summed E-state index contributed by atoms with van der Waals surface area (Å²) in [6.07, 6.45) is 4.51. The molecule has 2 amide bonds. The van der Waals surface area contributed by atoms with E-state index in [-0.39, 0.29) is 29.5 Å². The van der Waals surface area contributed by atoms with Crippen molar-refractivity contribution in [1.29, 1.82) is 0 Å². The second kappa shape index (κ2) is 8.63. The summed E-state index contributed by atoms with van der Waals surface area (Å²) in [6.45, 7) is 0. The SMILES string of the molecule is COc1ccc(-c2ccnc3cc(C(=O)N[C@H]4CC[C@@H](C(N)=O)CC4)nn23)cc1OC. The molecule has 0 spiro atoms. The second-order valence-electron chi connectivity index (χ2n) is 7.62. The van der Waals surface area contributed by atoms with Crippen LogP contribution in [0.1, 0.15) is 36.2 Å². The number of methoxy groups -OCH3 is 2. The zero-order chi connectivity index (χ0) is 22.0. The highest BCUT2D eigenvalue weighted by atomic mass is 16.5. The van der Waals surface area contributed by atoms with Crippen molar-refractivity contribution in [2.24, 2.45) is 11.7 Å². The van der Waals surface area contributed by atoms with Gasteiger partial charge in [0, 0.05) is 29.8 Å². The number of carbonyl (C=O) groups is 2. The molecule has 0 aliphatic heterocycles. The molecule has 1 aliphatic carbocycles. The summed E-state index contributed by atoms with van der Waals surface area (Å²) in [7, 11) is 3.16. The lowest BCUT2D eigenvalue weighted by atomic mass is 9.85. The first kappa shape index (κ1) is 20.6. The van der Waals surface area contributed by atoms with Crippen LogP contribution in [-0.2, 0) is 4.79 Å². The van der Waals surface area contributed by atoms with Crippen LogP contribution in [0, 0.1) is 5.92 Å². The van der Waals surface area contributed by atoms with Crippen molar-refractivity contribution in [2.45, 2.75) is 31.7 Å². The van der Waals surface area contributed by atoms with Crippen molar-refractivity contribution in [2.75, 3.05) is 14.2 Å². The molecule has 3 N–H and O–H groups in total. The highest BCUT2D eigenvalue weighted by Crippen LogP contribution is 2.32. The molecule has 1 saturated carbocycles. The Morgan fingerprint density at radius 1 is 1.06 bits per heavy atom. The molecule has 3 aromatic rings. The molecule has 0 radical (unpaired) electrons. The molecule has 0 saturated heterocycles. The molecule has 2 heterocycles. The lowest BCUT2D eigenvalue weighted by molar-refractivity contribution is -0.122. The van der Waals surface area contributed by atoms with Crippen LogP contribution >= 0.6 is 0 Å². The van der Waals surface area contributed by atoms with Crippen LogP contribution in [-0.4, -0.2) is 46.7 Å². The van der Waals surface area contributed by atoms with Crippen molar-refractivity contribution in [3.05, 3.63) is 42.2 Å². The topological polar surface area (TPSA) is 121 Å². The van der Waals surface area contributed by atoms with Gasteiger partial charge in [0.15, 0.2) is 22.8 Å². The fourth-order valence-electron chi connectivity index (χ4n) is 4.00. The normalized spacial score (nSPS) is 18.5. The van der Waals surface area contributed by atoms with Gasteiger partial charge in [-0.25, -0.2) is 9.50 Å². The third kappa shape index (κ3) is 4.16. The number of carbonyl (C=O) groups excluding carboxylic acids is 2. The van der Waals surface area contributed by atoms with E-state index in [9.17, 15) is 9.59 Å². The molecule has 1 fully saturated rings. The summed E-state index contributed by atoms with van der Waals surface area (Å²) in [6, 6.07) is 9.06. The van der Waals surface area contributed by atoms with Gasteiger partial charge in [-0.05, 0) is 49.9 Å². The van der Waals surface area contributed by atoms with Crippen LogP contribution in [0.25, 0.3) is 16.9 Å². The Bertz CT molecular complexity index is 1120. The molecular formula is C22H25N5O4. The van der Waals surface area contributed by atoms with Gasteiger partial charge < -0.3 is 20.5 Å². The largest absolute Gasteiger partial charge is 0.493 e. The van der Waals surface area contributed by atoms with Crippen LogP contribution in [0.5, 0.6) is 11.5 Å². The van der Waals surface area contributed by atoms with E-state index < -0.39 is 0 Å². The molecular weight excluding hydrogens is 398 g/mol. The molecule has 1 aromatic carbocycles. The molecule has 1 aliphatic rings. The van der Waals surface area contributed by atoms with Gasteiger partial charge in [-0.1, -0.05) is 0 Å². The fraction of sp³-hybridized carbons (Fsp3) is 0.364. The monoisotopic (exact) mass is 423 g/mol. The number of nitrogens with zero attached hydrogens (tertiary/aromatic N) is 3. The van der Waals surface area contributed by atoms with Gasteiger partial charge in [0.05, 0.1) is 19.9 Å². The number of rotatable bonds is 6. The molecule has 162 valence electrons. The first-order valence-corrected chi connectivity index (χ1v) is 10.2. The number of nitrogens with one attached hydrogen (secondary N) is 1. The number of ether oxygens (including phenoxy) is 2. The average Bonchev–Trinajstić information content (AvgIpc) is 3.23. The molecule has 31 heavy (non-hydrogen) atoms. The molecule has 2 aromatic heterocycles. The summed E-state index contributed by atoms with van der Waals surface area (Å²) < 4.78 is 12.3. The lowest BCUT2D eigenvalue weighted by Gasteiger charge is -2.27. The van der Waals surface area contributed by atoms with E-state index in [0.717, 1.165) is 24.1 Å². The highest BCUT2D eigenvalue weighted by Gasteiger charge is 2.26. The molecule has 9 nitrogen and oxygen atoms in total. The maximum atomic E-state index is 12.8. The summed E-state index contributed by atoms with van der Waals surface area (Å²) in [5.74, 6) is 0.603. The maximum absolute atomic E-state index is 12.8. The molecule has 0 unspecified atom stereocenters. The van der Waals surface area contributed by atoms with Gasteiger partial charge in [0.2, 0.25) is 5.91 Å². The highest BCUT2D eigenvalue weighted by molar-refractivity contribution is 5.93. The van der Waals surface area contributed by atoms with Crippen LogP contribution in [0.3, 0.4) is 0 Å². The fourth-order valence-corrected chi connectivity index (χ4v) is 4.00. The Kier molecular flexibility index (Phi) is 5.75. The molecule has 0 atom stereocenters. The predicted molar refractivity (Wildman–Crippen MR) is 114 cm³/mol. The predicted octanol–water partition coefficient (Wildman–Crippen LogP) is 2.19. The number of fused-ring (bicyclic) bond motifs is 1. The maximum Gasteiger partial charge on any atom is 0.272 e. The standard InChI is InChI=1S/C22H25N5O4/c1-30-18-8-5-14(11-19(18)31-2)17-9-10-24-20-12-16(26-27(17)20)22(29)25-15-6-3-13(4-7-15)21(23)28/h5,8-13,15H,3-4,6-7H2,1-2H3,(H2,23,28)(H,25,29)/t13-,15+. The number of hydrogen-bond acceptors (Lipinski definition) is 6. The minimum atomic E-state index is -0.265. The van der Waals surface area contributed by atoms with Crippen molar-refractivity contribution >= 4 is 17.5 Å². The number of nitrogens with two attached hydrogens (primary N) is 1. The van der Waals surface area contributed by atoms with E-state index in [0.29, 0.717) is 30.0 Å². The number of hydrogen-bond donors (Lipinski definition) is 2. The van der Waals surface area contributed by atoms with Gasteiger partial charge in [0.1, 0.15) is 0 Å². The Balaban J connectivity index is 1.57. The van der Waals surface area contributed by atoms with Crippen LogP contribution in [0.2, 0.25) is 0 Å². The second-order valence-corrected chi connectivity index (χ2v) is 7.62. The van der Waals surface area contributed by atoms with Gasteiger partial charge in [0.25, 0.3) is 5.91 Å². The molecule has 9 heteroatoms.